The van der Waals surface area contributed by atoms with Gasteiger partial charge in [-0.1, -0.05) is 12.1 Å². The molecular weight excluding hydrogens is 414 g/mol. The molecule has 0 saturated heterocycles. The van der Waals surface area contributed by atoms with E-state index in [-0.39, 0.29) is 31.2 Å². The topological polar surface area (TPSA) is 116 Å². The van der Waals surface area contributed by atoms with Gasteiger partial charge in [0, 0.05) is 23.1 Å². The normalized spacial score (nSPS) is 12.8. The third-order valence-electron chi connectivity index (χ3n) is 5.08. The summed E-state index contributed by atoms with van der Waals surface area (Å²) in [6, 6.07) is 12.3. The molecule has 32 heavy (non-hydrogen) atoms. The first kappa shape index (κ1) is 21.5. The molecule has 0 bridgehead atoms. The molecule has 1 aromatic heterocycles. The maximum absolute atomic E-state index is 12.0. The fourth-order valence-corrected chi connectivity index (χ4v) is 3.52. The molecule has 8 nitrogen and oxygen atoms in total. The van der Waals surface area contributed by atoms with E-state index in [0.29, 0.717) is 47.1 Å². The Morgan fingerprint density at radius 2 is 1.94 bits per heavy atom. The number of carbonyl (C=O) groups excluding carboxylic acids is 2. The van der Waals surface area contributed by atoms with E-state index in [0.717, 1.165) is 11.3 Å². The molecule has 1 heterocycles. The SMILES string of the molecule is Cc1oc(-c2ccc3c(c2)C(=O)CC3=O)nc1CCOc1cccc(COCC(=O)O)c1. The number of aryl methyl sites for hydroxylation is 1. The average molecular weight is 435 g/mol. The summed E-state index contributed by atoms with van der Waals surface area (Å²) in [4.78, 5) is 38.9. The Bertz CT molecular complexity index is 1190. The van der Waals surface area contributed by atoms with E-state index >= 15 is 0 Å². The number of aromatic nitrogens is 1. The molecule has 0 spiro atoms. The molecule has 0 unspecified atom stereocenters. The number of carbonyl (C=O) groups is 3. The number of rotatable bonds is 9. The second kappa shape index (κ2) is 9.15. The van der Waals surface area contributed by atoms with Crippen LogP contribution < -0.4 is 4.74 Å². The van der Waals surface area contributed by atoms with Crippen molar-refractivity contribution in [3.63, 3.8) is 0 Å². The van der Waals surface area contributed by atoms with Crippen LogP contribution in [0.3, 0.4) is 0 Å². The minimum Gasteiger partial charge on any atom is -0.493 e. The van der Waals surface area contributed by atoms with E-state index in [2.05, 4.69) is 4.98 Å². The van der Waals surface area contributed by atoms with Crippen LogP contribution in [-0.4, -0.2) is 40.8 Å². The van der Waals surface area contributed by atoms with Crippen LogP contribution in [0.5, 0.6) is 5.75 Å². The van der Waals surface area contributed by atoms with Crippen molar-refractivity contribution < 1.29 is 33.4 Å². The van der Waals surface area contributed by atoms with E-state index in [4.69, 9.17) is 19.0 Å². The number of ketones is 2. The van der Waals surface area contributed by atoms with Crippen molar-refractivity contribution in [2.45, 2.75) is 26.4 Å². The van der Waals surface area contributed by atoms with Crippen LogP contribution >= 0.6 is 0 Å². The maximum atomic E-state index is 12.0. The lowest BCUT2D eigenvalue weighted by Gasteiger charge is -2.07. The summed E-state index contributed by atoms with van der Waals surface area (Å²) in [6.45, 7) is 2.01. The number of ether oxygens (including phenoxy) is 2. The molecule has 3 aromatic rings. The number of carboxylic acids is 1. The molecule has 8 heteroatoms. The summed E-state index contributed by atoms with van der Waals surface area (Å²) in [6.07, 6.45) is 0.427. The van der Waals surface area contributed by atoms with Gasteiger partial charge in [-0.2, -0.15) is 0 Å². The van der Waals surface area contributed by atoms with Gasteiger partial charge >= 0.3 is 5.97 Å². The second-order valence-corrected chi connectivity index (χ2v) is 7.44. The van der Waals surface area contributed by atoms with Crippen molar-refractivity contribution in [1.29, 1.82) is 0 Å². The van der Waals surface area contributed by atoms with Crippen molar-refractivity contribution in [2.24, 2.45) is 0 Å². The Morgan fingerprint density at radius 3 is 2.75 bits per heavy atom. The van der Waals surface area contributed by atoms with E-state index in [1.54, 1.807) is 24.3 Å². The predicted molar refractivity (Wildman–Crippen MR) is 113 cm³/mol. The van der Waals surface area contributed by atoms with Crippen LogP contribution in [-0.2, 0) is 22.6 Å². The Hall–Kier alpha value is -3.78. The van der Waals surface area contributed by atoms with Crippen molar-refractivity contribution in [3.8, 4) is 17.2 Å². The highest BCUT2D eigenvalue weighted by molar-refractivity contribution is 6.24. The van der Waals surface area contributed by atoms with Crippen molar-refractivity contribution >= 4 is 17.5 Å². The van der Waals surface area contributed by atoms with Gasteiger partial charge in [0.05, 0.1) is 25.3 Å². The highest BCUT2D eigenvalue weighted by Crippen LogP contribution is 2.29. The average Bonchev–Trinajstić information content (AvgIpc) is 3.27. The number of nitrogens with zero attached hydrogens (tertiary/aromatic N) is 1. The van der Waals surface area contributed by atoms with Gasteiger partial charge in [-0.05, 0) is 42.8 Å². The smallest absolute Gasteiger partial charge is 0.329 e. The highest BCUT2D eigenvalue weighted by atomic mass is 16.5. The molecule has 0 saturated carbocycles. The zero-order valence-corrected chi connectivity index (χ0v) is 17.4. The lowest BCUT2D eigenvalue weighted by atomic mass is 10.1. The summed E-state index contributed by atoms with van der Waals surface area (Å²) >= 11 is 0. The lowest BCUT2D eigenvalue weighted by Crippen LogP contribution is -2.07. The standard InChI is InChI=1S/C24H21NO7/c1-14-20(7-8-31-17-4-2-3-15(9-17)12-30-13-23(28)29)25-24(32-14)16-5-6-18-19(10-16)22(27)11-21(18)26/h2-6,9-10H,7-8,11-13H2,1H3,(H,28,29). The zero-order valence-electron chi connectivity index (χ0n) is 17.4. The largest absolute Gasteiger partial charge is 0.493 e. The number of aliphatic carboxylic acids is 1. The van der Waals surface area contributed by atoms with Gasteiger partial charge in [-0.15, -0.1) is 0 Å². The minimum atomic E-state index is -1.01. The number of oxazole rings is 1. The molecule has 0 fully saturated rings. The van der Waals surface area contributed by atoms with Gasteiger partial charge in [0.25, 0.3) is 0 Å². The quantitative estimate of drug-likeness (QED) is 0.507. The number of fused-ring (bicyclic) bond motifs is 1. The number of hydrogen-bond donors (Lipinski definition) is 1. The van der Waals surface area contributed by atoms with Crippen molar-refractivity contribution in [2.75, 3.05) is 13.2 Å². The zero-order chi connectivity index (χ0) is 22.7. The Kier molecular flexibility index (Phi) is 6.13. The van der Waals surface area contributed by atoms with E-state index in [9.17, 15) is 14.4 Å². The monoisotopic (exact) mass is 435 g/mol. The molecule has 4 rings (SSSR count). The van der Waals surface area contributed by atoms with Crippen LogP contribution in [0.4, 0.5) is 0 Å². The Labute approximate surface area is 183 Å². The number of hydrogen-bond acceptors (Lipinski definition) is 7. The van der Waals surface area contributed by atoms with Crippen LogP contribution in [0.15, 0.2) is 46.9 Å². The molecule has 1 aliphatic carbocycles. The number of carboxylic acid groups (broad SMARTS) is 1. The molecule has 164 valence electrons. The minimum absolute atomic E-state index is 0.0845. The lowest BCUT2D eigenvalue weighted by molar-refractivity contribution is -0.142. The van der Waals surface area contributed by atoms with Crippen LogP contribution in [0, 0.1) is 6.92 Å². The molecule has 0 aliphatic heterocycles. The first-order valence-electron chi connectivity index (χ1n) is 10.1. The predicted octanol–water partition coefficient (Wildman–Crippen LogP) is 3.64. The molecule has 0 amide bonds. The molecule has 2 aromatic carbocycles. The Balaban J connectivity index is 1.38. The molecular formula is C24H21NO7. The second-order valence-electron chi connectivity index (χ2n) is 7.44. The van der Waals surface area contributed by atoms with Gasteiger partial charge in [0.2, 0.25) is 5.89 Å². The van der Waals surface area contributed by atoms with Gasteiger partial charge in [-0.25, -0.2) is 9.78 Å². The van der Waals surface area contributed by atoms with Gasteiger partial charge in [-0.3, -0.25) is 9.59 Å². The van der Waals surface area contributed by atoms with Crippen LogP contribution in [0.2, 0.25) is 0 Å². The maximum Gasteiger partial charge on any atom is 0.329 e. The van der Waals surface area contributed by atoms with Crippen LogP contribution in [0.1, 0.15) is 44.2 Å². The highest BCUT2D eigenvalue weighted by Gasteiger charge is 2.28. The van der Waals surface area contributed by atoms with Gasteiger partial charge in [0.1, 0.15) is 18.1 Å². The number of benzene rings is 2. The fraction of sp³-hybridized carbons (Fsp3) is 0.250. The molecule has 0 atom stereocenters. The first-order valence-corrected chi connectivity index (χ1v) is 10.1. The van der Waals surface area contributed by atoms with E-state index in [1.807, 2.05) is 25.1 Å². The first-order chi connectivity index (χ1) is 15.4. The van der Waals surface area contributed by atoms with Crippen LogP contribution in [0.25, 0.3) is 11.5 Å². The molecule has 1 aliphatic rings. The summed E-state index contributed by atoms with van der Waals surface area (Å²) in [5.41, 5.74) is 3.07. The van der Waals surface area contributed by atoms with E-state index in [1.165, 1.54) is 0 Å². The summed E-state index contributed by atoms with van der Waals surface area (Å²) in [7, 11) is 0. The summed E-state index contributed by atoms with van der Waals surface area (Å²) in [5, 5.41) is 8.64. The van der Waals surface area contributed by atoms with Gasteiger partial charge < -0.3 is 19.0 Å². The van der Waals surface area contributed by atoms with E-state index < -0.39 is 5.97 Å². The molecule has 1 N–H and O–H groups in total. The number of Topliss-reactive ketones (excluding diaryl/α,β-unsaturated/α-hetero) is 2. The third-order valence-corrected chi connectivity index (χ3v) is 5.08. The Morgan fingerprint density at radius 1 is 1.12 bits per heavy atom. The summed E-state index contributed by atoms with van der Waals surface area (Å²) < 4.78 is 16.7. The van der Waals surface area contributed by atoms with Gasteiger partial charge in [0.15, 0.2) is 11.6 Å². The van der Waals surface area contributed by atoms with Crippen molar-refractivity contribution in [3.05, 3.63) is 70.6 Å². The molecule has 0 radical (unpaired) electrons. The summed E-state index contributed by atoms with van der Waals surface area (Å²) in [5.74, 6) is 0.339. The van der Waals surface area contributed by atoms with Crippen molar-refractivity contribution in [1.82, 2.24) is 4.98 Å². The third kappa shape index (κ3) is 4.76. The fourth-order valence-electron chi connectivity index (χ4n) is 3.52.